The molecule has 4 aliphatic carbocycles. The van der Waals surface area contributed by atoms with E-state index in [2.05, 4.69) is 4.90 Å². The Hall–Kier alpha value is -0.570. The minimum absolute atomic E-state index is 0.0110. The first-order valence-corrected chi connectivity index (χ1v) is 8.12. The Morgan fingerprint density at radius 1 is 0.947 bits per heavy atom. The molecule has 0 aromatic carbocycles. The first-order chi connectivity index (χ1) is 9.14. The van der Waals surface area contributed by atoms with Crippen LogP contribution in [0.25, 0.3) is 0 Å². The lowest BCUT2D eigenvalue weighted by Crippen LogP contribution is -2.56. The molecule has 5 aliphatic rings. The number of piperidine rings is 1. The summed E-state index contributed by atoms with van der Waals surface area (Å²) in [5, 5.41) is 9.60. The number of aliphatic hydroxyl groups is 1. The molecule has 5 fully saturated rings. The van der Waals surface area contributed by atoms with E-state index in [1.807, 2.05) is 0 Å². The van der Waals surface area contributed by atoms with E-state index in [9.17, 15) is 9.90 Å². The Morgan fingerprint density at radius 3 is 1.89 bits per heavy atom. The van der Waals surface area contributed by atoms with Crippen LogP contribution in [0.2, 0.25) is 0 Å². The highest BCUT2D eigenvalue weighted by molar-refractivity contribution is 5.83. The van der Waals surface area contributed by atoms with Crippen LogP contribution in [0.15, 0.2) is 0 Å². The highest BCUT2D eigenvalue weighted by Crippen LogP contribution is 2.60. The molecule has 4 bridgehead atoms. The summed E-state index contributed by atoms with van der Waals surface area (Å²) >= 11 is 0. The minimum atomic E-state index is -0.180. The van der Waals surface area contributed by atoms with Crippen molar-refractivity contribution in [3.05, 3.63) is 0 Å². The van der Waals surface area contributed by atoms with Crippen molar-refractivity contribution in [2.24, 2.45) is 23.2 Å². The summed E-state index contributed by atoms with van der Waals surface area (Å²) in [4.78, 5) is 15.1. The van der Waals surface area contributed by atoms with Crippen molar-refractivity contribution in [3.8, 4) is 0 Å². The van der Waals surface area contributed by atoms with E-state index < -0.39 is 0 Å². The van der Waals surface area contributed by atoms with Gasteiger partial charge in [-0.3, -0.25) is 4.79 Å². The Labute approximate surface area is 115 Å². The number of hydrogen-bond acceptors (Lipinski definition) is 2. The first-order valence-electron chi connectivity index (χ1n) is 8.12. The average molecular weight is 263 g/mol. The van der Waals surface area contributed by atoms with Gasteiger partial charge in [-0.2, -0.15) is 0 Å². The zero-order valence-electron chi connectivity index (χ0n) is 11.7. The topological polar surface area (TPSA) is 40.5 Å². The Bertz CT molecular complexity index is 349. The fourth-order valence-electron chi connectivity index (χ4n) is 5.78. The van der Waals surface area contributed by atoms with Crippen molar-refractivity contribution in [1.29, 1.82) is 0 Å². The molecule has 0 aromatic heterocycles. The normalized spacial score (nSPS) is 45.7. The summed E-state index contributed by atoms with van der Waals surface area (Å²) in [6.45, 7) is 1.56. The smallest absolute Gasteiger partial charge is 0.228 e. The quantitative estimate of drug-likeness (QED) is 0.788. The molecule has 0 unspecified atom stereocenters. The van der Waals surface area contributed by atoms with E-state index in [0.717, 1.165) is 62.9 Å². The summed E-state index contributed by atoms with van der Waals surface area (Å²) in [5.74, 6) is 2.96. The van der Waals surface area contributed by atoms with Gasteiger partial charge in [-0.1, -0.05) is 0 Å². The average Bonchev–Trinajstić information content (AvgIpc) is 2.37. The Morgan fingerprint density at radius 2 is 1.42 bits per heavy atom. The van der Waals surface area contributed by atoms with Crippen LogP contribution < -0.4 is 0 Å². The molecule has 0 aromatic rings. The molecule has 4 saturated carbocycles. The van der Waals surface area contributed by atoms with Gasteiger partial charge in [0.1, 0.15) is 0 Å². The maximum atomic E-state index is 13.0. The number of likely N-dealkylation sites (tertiary alicyclic amines) is 1. The maximum Gasteiger partial charge on any atom is 0.228 e. The molecule has 1 saturated heterocycles. The van der Waals surface area contributed by atoms with Crippen molar-refractivity contribution in [2.45, 2.75) is 57.5 Å². The molecule has 5 rings (SSSR count). The number of carbonyl (C=O) groups excluding carboxylic acids is 1. The van der Waals surface area contributed by atoms with Gasteiger partial charge in [0.05, 0.1) is 11.5 Å². The maximum absolute atomic E-state index is 13.0. The molecule has 1 N–H and O–H groups in total. The van der Waals surface area contributed by atoms with Crippen molar-refractivity contribution in [3.63, 3.8) is 0 Å². The van der Waals surface area contributed by atoms with Gasteiger partial charge < -0.3 is 10.0 Å². The zero-order valence-corrected chi connectivity index (χ0v) is 11.7. The van der Waals surface area contributed by atoms with Crippen LogP contribution in [0.4, 0.5) is 0 Å². The van der Waals surface area contributed by atoms with Crippen molar-refractivity contribution >= 4 is 5.91 Å². The van der Waals surface area contributed by atoms with Gasteiger partial charge in [0.15, 0.2) is 0 Å². The van der Waals surface area contributed by atoms with Crippen molar-refractivity contribution in [1.82, 2.24) is 4.90 Å². The number of aliphatic hydroxyl groups excluding tert-OH is 1. The van der Waals surface area contributed by atoms with Crippen LogP contribution in [-0.4, -0.2) is 35.1 Å². The van der Waals surface area contributed by atoms with Crippen LogP contribution in [0.1, 0.15) is 51.4 Å². The SMILES string of the molecule is O=C(N1CCC(O)CC1)C12CC3CC(CC(C3)C1)C2. The molecule has 1 heterocycles. The van der Waals surface area contributed by atoms with E-state index in [4.69, 9.17) is 0 Å². The summed E-state index contributed by atoms with van der Waals surface area (Å²) in [7, 11) is 0. The molecule has 1 aliphatic heterocycles. The van der Waals surface area contributed by atoms with E-state index in [0.29, 0.717) is 5.91 Å². The second-order valence-electron chi connectivity index (χ2n) is 7.72. The highest BCUT2D eigenvalue weighted by Gasteiger charge is 2.55. The third-order valence-corrected chi connectivity index (χ3v) is 6.24. The van der Waals surface area contributed by atoms with Gasteiger partial charge >= 0.3 is 0 Å². The second kappa shape index (κ2) is 4.21. The molecule has 1 amide bonds. The van der Waals surface area contributed by atoms with Gasteiger partial charge in [0, 0.05) is 13.1 Å². The Balaban J connectivity index is 1.53. The lowest BCUT2D eigenvalue weighted by molar-refractivity contribution is -0.159. The van der Waals surface area contributed by atoms with E-state index in [1.54, 1.807) is 0 Å². The molecule has 0 atom stereocenters. The minimum Gasteiger partial charge on any atom is -0.393 e. The second-order valence-corrected chi connectivity index (χ2v) is 7.72. The number of hydrogen-bond donors (Lipinski definition) is 1. The van der Waals surface area contributed by atoms with Gasteiger partial charge in [-0.25, -0.2) is 0 Å². The lowest BCUT2D eigenvalue weighted by Gasteiger charge is -2.57. The highest BCUT2D eigenvalue weighted by atomic mass is 16.3. The van der Waals surface area contributed by atoms with Gasteiger partial charge in [-0.05, 0) is 69.1 Å². The molecule has 0 radical (unpaired) electrons. The van der Waals surface area contributed by atoms with Gasteiger partial charge in [-0.15, -0.1) is 0 Å². The lowest BCUT2D eigenvalue weighted by atomic mass is 9.49. The predicted octanol–water partition coefficient (Wildman–Crippen LogP) is 2.19. The zero-order chi connectivity index (χ0) is 13.0. The Kier molecular flexibility index (Phi) is 2.70. The van der Waals surface area contributed by atoms with E-state index in [1.165, 1.54) is 19.3 Å². The van der Waals surface area contributed by atoms with Gasteiger partial charge in [0.2, 0.25) is 5.91 Å². The monoisotopic (exact) mass is 263 g/mol. The summed E-state index contributed by atoms with van der Waals surface area (Å²) < 4.78 is 0. The molecular formula is C16H25NO2. The van der Waals surface area contributed by atoms with Crippen molar-refractivity contribution in [2.75, 3.05) is 13.1 Å². The van der Waals surface area contributed by atoms with Crippen LogP contribution >= 0.6 is 0 Å². The molecule has 3 heteroatoms. The first kappa shape index (κ1) is 12.2. The largest absolute Gasteiger partial charge is 0.393 e. The van der Waals surface area contributed by atoms with E-state index >= 15 is 0 Å². The number of rotatable bonds is 1. The summed E-state index contributed by atoms with van der Waals surface area (Å²) in [6, 6.07) is 0. The third-order valence-electron chi connectivity index (χ3n) is 6.24. The number of nitrogens with zero attached hydrogens (tertiary/aromatic N) is 1. The van der Waals surface area contributed by atoms with Gasteiger partial charge in [0.25, 0.3) is 0 Å². The van der Waals surface area contributed by atoms with Crippen LogP contribution in [0.5, 0.6) is 0 Å². The number of amides is 1. The van der Waals surface area contributed by atoms with Crippen LogP contribution in [-0.2, 0) is 4.79 Å². The fraction of sp³-hybridized carbons (Fsp3) is 0.938. The molecule has 3 nitrogen and oxygen atoms in total. The van der Waals surface area contributed by atoms with Crippen LogP contribution in [0.3, 0.4) is 0 Å². The summed E-state index contributed by atoms with van der Waals surface area (Å²) in [6.07, 6.45) is 9.04. The molecule has 19 heavy (non-hydrogen) atoms. The molecule has 106 valence electrons. The third kappa shape index (κ3) is 1.93. The molecular weight excluding hydrogens is 238 g/mol. The standard InChI is InChI=1S/C16H25NO2/c18-14-1-3-17(4-2-14)15(19)16-8-11-5-12(9-16)7-13(6-11)10-16/h11-14,18H,1-10H2. The fourth-order valence-corrected chi connectivity index (χ4v) is 5.78. The molecule has 0 spiro atoms. The van der Waals surface area contributed by atoms with Crippen molar-refractivity contribution < 1.29 is 9.90 Å². The predicted molar refractivity (Wildman–Crippen MR) is 72.4 cm³/mol. The number of carbonyl (C=O) groups is 1. The van der Waals surface area contributed by atoms with Crippen LogP contribution in [0, 0.1) is 23.2 Å². The summed E-state index contributed by atoms with van der Waals surface area (Å²) in [5.41, 5.74) is 0.0110. The van der Waals surface area contributed by atoms with E-state index in [-0.39, 0.29) is 11.5 Å².